The van der Waals surface area contributed by atoms with Crippen molar-refractivity contribution >= 4 is 0 Å². The van der Waals surface area contributed by atoms with Crippen molar-refractivity contribution in [3.8, 4) is 0 Å². The van der Waals surface area contributed by atoms with Crippen molar-refractivity contribution in [2.75, 3.05) is 20.1 Å². The Balaban J connectivity index is 2.01. The Bertz CT molecular complexity index is 219. The fourth-order valence-corrected chi connectivity index (χ4v) is 3.52. The van der Waals surface area contributed by atoms with E-state index in [0.717, 1.165) is 12.1 Å². The molecule has 16 heavy (non-hydrogen) atoms. The van der Waals surface area contributed by atoms with Gasteiger partial charge in [0.1, 0.15) is 0 Å². The molecule has 0 aromatic rings. The molecule has 0 aromatic heterocycles. The molecule has 1 saturated carbocycles. The number of likely N-dealkylation sites (tertiary alicyclic amines) is 1. The van der Waals surface area contributed by atoms with E-state index in [1.165, 1.54) is 51.6 Å². The zero-order valence-electron chi connectivity index (χ0n) is 11.3. The SMILES string of the molecule is CNC1CCC(C)(C)CC1N1CCCCC1. The highest BCUT2D eigenvalue weighted by Gasteiger charge is 2.37. The van der Waals surface area contributed by atoms with Crippen LogP contribution in [0.25, 0.3) is 0 Å². The lowest BCUT2D eigenvalue weighted by molar-refractivity contribution is 0.0548. The Labute approximate surface area is 101 Å². The molecule has 2 unspecified atom stereocenters. The monoisotopic (exact) mass is 224 g/mol. The van der Waals surface area contributed by atoms with Crippen molar-refractivity contribution < 1.29 is 0 Å². The first-order valence-corrected chi connectivity index (χ1v) is 7.04. The van der Waals surface area contributed by atoms with Gasteiger partial charge in [-0.2, -0.15) is 0 Å². The van der Waals surface area contributed by atoms with Crippen LogP contribution in [0.5, 0.6) is 0 Å². The Morgan fingerprint density at radius 1 is 1.12 bits per heavy atom. The van der Waals surface area contributed by atoms with Crippen LogP contribution in [0, 0.1) is 5.41 Å². The third-order valence-corrected chi connectivity index (χ3v) is 4.59. The maximum atomic E-state index is 3.55. The summed E-state index contributed by atoms with van der Waals surface area (Å²) in [5, 5.41) is 3.55. The quantitative estimate of drug-likeness (QED) is 0.776. The molecule has 2 aliphatic rings. The van der Waals surface area contributed by atoms with Crippen LogP contribution in [-0.2, 0) is 0 Å². The summed E-state index contributed by atoms with van der Waals surface area (Å²) in [5.74, 6) is 0. The fourth-order valence-electron chi connectivity index (χ4n) is 3.52. The summed E-state index contributed by atoms with van der Waals surface area (Å²) < 4.78 is 0. The van der Waals surface area contributed by atoms with Gasteiger partial charge in [0.25, 0.3) is 0 Å². The van der Waals surface area contributed by atoms with Crippen molar-refractivity contribution in [1.82, 2.24) is 10.2 Å². The molecule has 0 spiro atoms. The highest BCUT2D eigenvalue weighted by atomic mass is 15.2. The normalized spacial score (nSPS) is 36.2. The summed E-state index contributed by atoms with van der Waals surface area (Å²) in [5.41, 5.74) is 0.551. The van der Waals surface area contributed by atoms with E-state index in [1.807, 2.05) is 0 Å². The molecule has 2 nitrogen and oxygen atoms in total. The summed E-state index contributed by atoms with van der Waals surface area (Å²) in [4.78, 5) is 2.76. The Morgan fingerprint density at radius 3 is 2.44 bits per heavy atom. The molecule has 1 saturated heterocycles. The fraction of sp³-hybridized carbons (Fsp3) is 1.00. The summed E-state index contributed by atoms with van der Waals surface area (Å²) in [6.07, 6.45) is 8.36. The number of nitrogens with zero attached hydrogens (tertiary/aromatic N) is 1. The first-order chi connectivity index (χ1) is 7.62. The summed E-state index contributed by atoms with van der Waals surface area (Å²) >= 11 is 0. The molecule has 0 bridgehead atoms. The van der Waals surface area contributed by atoms with Gasteiger partial charge in [-0.05, 0) is 57.7 Å². The molecule has 2 rings (SSSR count). The molecule has 1 aliphatic carbocycles. The molecule has 0 radical (unpaired) electrons. The van der Waals surface area contributed by atoms with Crippen molar-refractivity contribution in [1.29, 1.82) is 0 Å². The topological polar surface area (TPSA) is 15.3 Å². The van der Waals surface area contributed by atoms with Crippen LogP contribution in [0.4, 0.5) is 0 Å². The van der Waals surface area contributed by atoms with Gasteiger partial charge in [-0.1, -0.05) is 20.3 Å². The van der Waals surface area contributed by atoms with Gasteiger partial charge >= 0.3 is 0 Å². The number of piperidine rings is 1. The van der Waals surface area contributed by atoms with Crippen LogP contribution in [0.15, 0.2) is 0 Å². The van der Waals surface area contributed by atoms with E-state index in [-0.39, 0.29) is 0 Å². The van der Waals surface area contributed by atoms with Gasteiger partial charge in [0.2, 0.25) is 0 Å². The first-order valence-electron chi connectivity index (χ1n) is 7.04. The van der Waals surface area contributed by atoms with E-state index in [9.17, 15) is 0 Å². The second-order valence-corrected chi connectivity index (χ2v) is 6.47. The second-order valence-electron chi connectivity index (χ2n) is 6.47. The van der Waals surface area contributed by atoms with E-state index in [2.05, 4.69) is 31.1 Å². The van der Waals surface area contributed by atoms with E-state index >= 15 is 0 Å². The average Bonchev–Trinajstić information content (AvgIpc) is 2.29. The summed E-state index contributed by atoms with van der Waals surface area (Å²) in [7, 11) is 2.14. The molecular weight excluding hydrogens is 196 g/mol. The third kappa shape index (κ3) is 2.78. The molecule has 1 N–H and O–H groups in total. The Kier molecular flexibility index (Phi) is 3.91. The maximum Gasteiger partial charge on any atom is 0.0254 e. The van der Waals surface area contributed by atoms with Gasteiger partial charge in [-0.15, -0.1) is 0 Å². The van der Waals surface area contributed by atoms with E-state index < -0.39 is 0 Å². The smallest absolute Gasteiger partial charge is 0.0254 e. The molecule has 2 fully saturated rings. The van der Waals surface area contributed by atoms with Crippen LogP contribution in [0.1, 0.15) is 52.4 Å². The van der Waals surface area contributed by atoms with Gasteiger partial charge in [0, 0.05) is 12.1 Å². The number of hydrogen-bond donors (Lipinski definition) is 1. The van der Waals surface area contributed by atoms with Crippen molar-refractivity contribution in [3.05, 3.63) is 0 Å². The highest BCUT2D eigenvalue weighted by molar-refractivity contribution is 4.94. The average molecular weight is 224 g/mol. The van der Waals surface area contributed by atoms with Crippen LogP contribution >= 0.6 is 0 Å². The van der Waals surface area contributed by atoms with Gasteiger partial charge in [0.15, 0.2) is 0 Å². The van der Waals surface area contributed by atoms with Gasteiger partial charge < -0.3 is 5.32 Å². The molecule has 2 heteroatoms. The van der Waals surface area contributed by atoms with Crippen LogP contribution in [0.2, 0.25) is 0 Å². The van der Waals surface area contributed by atoms with Crippen molar-refractivity contribution in [2.45, 2.75) is 64.5 Å². The lowest BCUT2D eigenvalue weighted by Crippen LogP contribution is -2.55. The predicted octanol–water partition coefficient (Wildman–Crippen LogP) is 2.64. The molecule has 1 aliphatic heterocycles. The lowest BCUT2D eigenvalue weighted by atomic mass is 9.72. The standard InChI is InChI=1S/C14H28N2/c1-14(2)8-7-12(15-3)13(11-14)16-9-5-4-6-10-16/h12-13,15H,4-11H2,1-3H3. The van der Waals surface area contributed by atoms with E-state index in [0.29, 0.717) is 5.41 Å². The van der Waals surface area contributed by atoms with Gasteiger partial charge in [0.05, 0.1) is 0 Å². The number of likely N-dealkylation sites (N-methyl/N-ethyl adjacent to an activating group) is 1. The minimum absolute atomic E-state index is 0.551. The molecule has 0 amide bonds. The largest absolute Gasteiger partial charge is 0.315 e. The van der Waals surface area contributed by atoms with Gasteiger partial charge in [-0.25, -0.2) is 0 Å². The Morgan fingerprint density at radius 2 is 1.81 bits per heavy atom. The minimum atomic E-state index is 0.551. The first kappa shape index (κ1) is 12.4. The molecule has 94 valence electrons. The predicted molar refractivity (Wildman–Crippen MR) is 69.7 cm³/mol. The van der Waals surface area contributed by atoms with Crippen LogP contribution < -0.4 is 5.32 Å². The Hall–Kier alpha value is -0.0800. The molecule has 2 atom stereocenters. The lowest BCUT2D eigenvalue weighted by Gasteiger charge is -2.47. The van der Waals surface area contributed by atoms with E-state index in [4.69, 9.17) is 0 Å². The van der Waals surface area contributed by atoms with Gasteiger partial charge in [-0.3, -0.25) is 4.90 Å². The van der Waals surface area contributed by atoms with Crippen LogP contribution in [-0.4, -0.2) is 37.1 Å². The molecular formula is C14H28N2. The third-order valence-electron chi connectivity index (χ3n) is 4.59. The number of nitrogens with one attached hydrogen (secondary N) is 1. The maximum absolute atomic E-state index is 3.55. The van der Waals surface area contributed by atoms with Crippen molar-refractivity contribution in [3.63, 3.8) is 0 Å². The zero-order chi connectivity index (χ0) is 11.6. The highest BCUT2D eigenvalue weighted by Crippen LogP contribution is 2.38. The second kappa shape index (κ2) is 5.05. The molecule has 1 heterocycles. The van der Waals surface area contributed by atoms with Crippen molar-refractivity contribution in [2.24, 2.45) is 5.41 Å². The molecule has 0 aromatic carbocycles. The van der Waals surface area contributed by atoms with Crippen LogP contribution in [0.3, 0.4) is 0 Å². The van der Waals surface area contributed by atoms with E-state index in [1.54, 1.807) is 0 Å². The summed E-state index contributed by atoms with van der Waals surface area (Å²) in [6.45, 7) is 7.55. The minimum Gasteiger partial charge on any atom is -0.315 e. The zero-order valence-corrected chi connectivity index (χ0v) is 11.3. The number of hydrogen-bond acceptors (Lipinski definition) is 2. The number of rotatable bonds is 2. The summed E-state index contributed by atoms with van der Waals surface area (Å²) in [6, 6.07) is 1.51.